The van der Waals surface area contributed by atoms with Gasteiger partial charge in [-0.1, -0.05) is 6.08 Å². The van der Waals surface area contributed by atoms with Gasteiger partial charge in [0.2, 0.25) is 0 Å². The van der Waals surface area contributed by atoms with Crippen LogP contribution in [0.1, 0.15) is 0 Å². The Kier molecular flexibility index (Phi) is 2.98. The second kappa shape index (κ2) is 4.94. The van der Waals surface area contributed by atoms with Crippen molar-refractivity contribution in [3.05, 3.63) is 72.4 Å². The average Bonchev–Trinajstić information content (AvgIpc) is 2.48. The highest BCUT2D eigenvalue weighted by Gasteiger charge is 2.19. The Hall–Kier alpha value is -2.62. The van der Waals surface area contributed by atoms with E-state index in [-0.39, 0.29) is 5.97 Å². The van der Waals surface area contributed by atoms with E-state index in [1.54, 1.807) is 24.4 Å². The normalized spacial score (nSPS) is 16.5. The summed E-state index contributed by atoms with van der Waals surface area (Å²) in [6.07, 6.45) is 14.7. The van der Waals surface area contributed by atoms with Crippen LogP contribution in [0.25, 0.3) is 0 Å². The molecule has 3 heterocycles. The van der Waals surface area contributed by atoms with Crippen molar-refractivity contribution in [1.29, 1.82) is 0 Å². The number of fused-ring (bicyclic) bond motifs is 1. The molecule has 19 heavy (non-hydrogen) atoms. The first-order valence-electron chi connectivity index (χ1n) is 5.97. The van der Waals surface area contributed by atoms with E-state index in [0.29, 0.717) is 17.9 Å². The van der Waals surface area contributed by atoms with Gasteiger partial charge in [-0.2, -0.15) is 0 Å². The number of pyridine rings is 1. The van der Waals surface area contributed by atoms with Crippen LogP contribution >= 0.6 is 0 Å². The van der Waals surface area contributed by atoms with Crippen LogP contribution < -0.4 is 4.74 Å². The summed E-state index contributed by atoms with van der Waals surface area (Å²) in [4.78, 5) is 17.9. The van der Waals surface area contributed by atoms with Gasteiger partial charge in [0.15, 0.2) is 0 Å². The van der Waals surface area contributed by atoms with Crippen molar-refractivity contribution < 1.29 is 9.53 Å². The molecule has 0 N–H and O–H groups in total. The molecule has 4 nitrogen and oxygen atoms in total. The van der Waals surface area contributed by atoms with Gasteiger partial charge in [-0.25, -0.2) is 4.79 Å². The van der Waals surface area contributed by atoms with Gasteiger partial charge in [0.05, 0.1) is 18.3 Å². The molecule has 0 amide bonds. The van der Waals surface area contributed by atoms with Crippen molar-refractivity contribution in [2.75, 3.05) is 6.54 Å². The van der Waals surface area contributed by atoms with Gasteiger partial charge in [-0.15, -0.1) is 0 Å². The Morgan fingerprint density at radius 3 is 3.11 bits per heavy atom. The molecule has 0 unspecified atom stereocenters. The standard InChI is InChI=1S/C15H12N2O2/c18-15(19-14-5-3-8-16-10-14)12-6-7-13-4-1-2-9-17(13)11-12/h1-10H,11H2. The molecule has 2 aliphatic heterocycles. The van der Waals surface area contributed by atoms with E-state index >= 15 is 0 Å². The van der Waals surface area contributed by atoms with Crippen LogP contribution in [0.5, 0.6) is 5.75 Å². The number of nitrogens with zero attached hydrogens (tertiary/aromatic N) is 2. The molecule has 0 saturated carbocycles. The van der Waals surface area contributed by atoms with Crippen molar-refractivity contribution in [1.82, 2.24) is 9.88 Å². The minimum atomic E-state index is -0.341. The molecule has 1 aromatic heterocycles. The number of rotatable bonds is 2. The largest absolute Gasteiger partial charge is 0.421 e. The summed E-state index contributed by atoms with van der Waals surface area (Å²) in [6, 6.07) is 3.44. The minimum Gasteiger partial charge on any atom is -0.421 e. The SMILES string of the molecule is O=C(Oc1cccnc1)C1=CC=C2C=CC=CN2C1. The van der Waals surface area contributed by atoms with Gasteiger partial charge in [0.25, 0.3) is 0 Å². The van der Waals surface area contributed by atoms with E-state index in [4.69, 9.17) is 4.74 Å². The molecule has 0 bridgehead atoms. The smallest absolute Gasteiger partial charge is 0.341 e. The van der Waals surface area contributed by atoms with Crippen molar-refractivity contribution in [2.45, 2.75) is 0 Å². The van der Waals surface area contributed by atoms with E-state index in [1.165, 1.54) is 6.20 Å². The van der Waals surface area contributed by atoms with E-state index in [1.807, 2.05) is 35.4 Å². The molecular weight excluding hydrogens is 240 g/mol. The van der Waals surface area contributed by atoms with Crippen LogP contribution in [0.15, 0.2) is 72.4 Å². The number of hydrogen-bond acceptors (Lipinski definition) is 4. The molecule has 2 aliphatic rings. The lowest BCUT2D eigenvalue weighted by Gasteiger charge is -2.26. The summed E-state index contributed by atoms with van der Waals surface area (Å²) in [5, 5.41) is 0. The third-order valence-electron chi connectivity index (χ3n) is 2.88. The Morgan fingerprint density at radius 2 is 2.26 bits per heavy atom. The first kappa shape index (κ1) is 11.5. The molecule has 0 aliphatic carbocycles. The van der Waals surface area contributed by atoms with Crippen LogP contribution in [-0.2, 0) is 4.79 Å². The summed E-state index contributed by atoms with van der Waals surface area (Å²) in [6.45, 7) is 0.520. The second-order valence-corrected chi connectivity index (χ2v) is 4.19. The van der Waals surface area contributed by atoms with Crippen molar-refractivity contribution >= 4 is 5.97 Å². The molecule has 0 radical (unpaired) electrons. The van der Waals surface area contributed by atoms with E-state index in [0.717, 1.165) is 5.70 Å². The van der Waals surface area contributed by atoms with Crippen LogP contribution in [0.2, 0.25) is 0 Å². The fourth-order valence-corrected chi connectivity index (χ4v) is 1.92. The first-order valence-corrected chi connectivity index (χ1v) is 5.97. The van der Waals surface area contributed by atoms with Crippen LogP contribution in [0, 0.1) is 0 Å². The Balaban J connectivity index is 1.75. The highest BCUT2D eigenvalue weighted by Crippen LogP contribution is 2.20. The summed E-state index contributed by atoms with van der Waals surface area (Å²) in [7, 11) is 0. The quantitative estimate of drug-likeness (QED) is 0.757. The number of carbonyl (C=O) groups excluding carboxylic acids is 1. The third kappa shape index (κ3) is 2.47. The van der Waals surface area contributed by atoms with Gasteiger partial charge in [-0.3, -0.25) is 4.98 Å². The monoisotopic (exact) mass is 252 g/mol. The maximum absolute atomic E-state index is 12.0. The van der Waals surface area contributed by atoms with Gasteiger partial charge in [-0.05, 0) is 36.4 Å². The lowest BCUT2D eigenvalue weighted by atomic mass is 10.1. The van der Waals surface area contributed by atoms with Crippen molar-refractivity contribution in [3.63, 3.8) is 0 Å². The second-order valence-electron chi connectivity index (χ2n) is 4.19. The average molecular weight is 252 g/mol. The molecule has 0 atom stereocenters. The van der Waals surface area contributed by atoms with Gasteiger partial charge >= 0.3 is 5.97 Å². The number of aromatic nitrogens is 1. The maximum Gasteiger partial charge on any atom is 0.341 e. The zero-order valence-corrected chi connectivity index (χ0v) is 10.2. The topological polar surface area (TPSA) is 42.4 Å². The summed E-state index contributed by atoms with van der Waals surface area (Å²) in [5.74, 6) is 0.114. The molecule has 1 aromatic rings. The predicted octanol–water partition coefficient (Wildman–Crippen LogP) is 2.20. The fourth-order valence-electron chi connectivity index (χ4n) is 1.92. The summed E-state index contributed by atoms with van der Waals surface area (Å²) >= 11 is 0. The van der Waals surface area contributed by atoms with Crippen LogP contribution in [0.4, 0.5) is 0 Å². The third-order valence-corrected chi connectivity index (χ3v) is 2.88. The van der Waals surface area contributed by atoms with E-state index < -0.39 is 0 Å². The lowest BCUT2D eigenvalue weighted by molar-refractivity contribution is -0.130. The van der Waals surface area contributed by atoms with Crippen LogP contribution in [-0.4, -0.2) is 22.4 Å². The molecule has 94 valence electrons. The zero-order valence-electron chi connectivity index (χ0n) is 10.2. The minimum absolute atomic E-state index is 0.341. The highest BCUT2D eigenvalue weighted by molar-refractivity contribution is 5.91. The van der Waals surface area contributed by atoms with E-state index in [9.17, 15) is 4.79 Å². The molecule has 4 heteroatoms. The maximum atomic E-state index is 12.0. The molecule has 0 fully saturated rings. The number of allylic oxidation sites excluding steroid dienone is 5. The number of esters is 1. The Bertz CT molecular complexity index is 612. The molecular formula is C15H12N2O2. The lowest BCUT2D eigenvalue weighted by Crippen LogP contribution is -2.27. The number of ether oxygens (including phenoxy) is 1. The Labute approximate surface area is 111 Å². The molecule has 0 spiro atoms. The van der Waals surface area contributed by atoms with E-state index in [2.05, 4.69) is 4.98 Å². The molecule has 0 saturated heterocycles. The van der Waals surface area contributed by atoms with Gasteiger partial charge in [0.1, 0.15) is 5.75 Å². The van der Waals surface area contributed by atoms with Crippen molar-refractivity contribution in [2.24, 2.45) is 0 Å². The number of hydrogen-bond donors (Lipinski definition) is 0. The number of carbonyl (C=O) groups is 1. The summed E-state index contributed by atoms with van der Waals surface area (Å²) in [5.41, 5.74) is 1.69. The van der Waals surface area contributed by atoms with Crippen LogP contribution in [0.3, 0.4) is 0 Å². The summed E-state index contributed by atoms with van der Waals surface area (Å²) < 4.78 is 5.27. The fraction of sp³-hybridized carbons (Fsp3) is 0.0667. The molecule has 3 rings (SSSR count). The Morgan fingerprint density at radius 1 is 1.32 bits per heavy atom. The van der Waals surface area contributed by atoms with Gasteiger partial charge < -0.3 is 9.64 Å². The highest BCUT2D eigenvalue weighted by atomic mass is 16.5. The van der Waals surface area contributed by atoms with Crippen molar-refractivity contribution in [3.8, 4) is 5.75 Å². The zero-order chi connectivity index (χ0) is 13.1. The van der Waals surface area contributed by atoms with Gasteiger partial charge in [0, 0.05) is 18.1 Å². The predicted molar refractivity (Wildman–Crippen MR) is 71.0 cm³/mol. The molecule has 0 aromatic carbocycles. The first-order chi connectivity index (χ1) is 9.33.